The number of Topliss-reactive ketones (excluding diaryl/α,β-unsaturated/α-hetero) is 1. The highest BCUT2D eigenvalue weighted by Gasteiger charge is 2.19. The van der Waals surface area contributed by atoms with Crippen LogP contribution in [0.1, 0.15) is 32.0 Å². The van der Waals surface area contributed by atoms with Gasteiger partial charge < -0.3 is 19.0 Å². The molecule has 0 aliphatic heterocycles. The van der Waals surface area contributed by atoms with Crippen molar-refractivity contribution in [3.63, 3.8) is 0 Å². The van der Waals surface area contributed by atoms with Crippen molar-refractivity contribution >= 4 is 22.7 Å². The van der Waals surface area contributed by atoms with Gasteiger partial charge in [0.25, 0.3) is 0 Å². The van der Waals surface area contributed by atoms with Gasteiger partial charge in [-0.1, -0.05) is 6.07 Å². The number of phenols is 1. The molecule has 134 valence electrons. The average molecular weight is 354 g/mol. The first-order chi connectivity index (χ1) is 12.4. The van der Waals surface area contributed by atoms with E-state index in [0.717, 1.165) is 10.9 Å². The molecule has 6 heteroatoms. The zero-order valence-corrected chi connectivity index (χ0v) is 14.7. The summed E-state index contributed by atoms with van der Waals surface area (Å²) in [6.07, 6.45) is 0.105. The molecule has 3 rings (SSSR count). The summed E-state index contributed by atoms with van der Waals surface area (Å²) in [5.41, 5.74) is 2.18. The summed E-state index contributed by atoms with van der Waals surface area (Å²) in [5.74, 6) is -0.259. The van der Waals surface area contributed by atoms with Crippen molar-refractivity contribution in [1.29, 1.82) is 0 Å². The largest absolute Gasteiger partial charge is 0.507 e. The molecule has 0 aliphatic carbocycles. The summed E-state index contributed by atoms with van der Waals surface area (Å²) in [7, 11) is 2.78. The minimum absolute atomic E-state index is 0.105. The van der Waals surface area contributed by atoms with E-state index in [1.54, 1.807) is 31.2 Å². The Kier molecular flexibility index (Phi) is 4.67. The molecule has 26 heavy (non-hydrogen) atoms. The number of phenolic OH excluding ortho intramolecular Hbond substituents is 1. The number of hydrogen-bond donors (Lipinski definition) is 1. The Balaban J connectivity index is 1.90. The van der Waals surface area contributed by atoms with Crippen LogP contribution in [0.15, 0.2) is 40.8 Å². The molecule has 0 bridgehead atoms. The maximum absolute atomic E-state index is 12.5. The standard InChI is InChI=1S/C20H18O6/c1-11-15-8-12(4-7-18(15)26-19(11)20(23)25-3)9-16(21)14-6-5-13(24-2)10-17(14)22/h4-8,10,22H,9H2,1-3H3. The minimum Gasteiger partial charge on any atom is -0.507 e. The van der Waals surface area contributed by atoms with Crippen LogP contribution in [-0.4, -0.2) is 31.1 Å². The van der Waals surface area contributed by atoms with Gasteiger partial charge in [-0.3, -0.25) is 4.79 Å². The number of carbonyl (C=O) groups excluding carboxylic acids is 2. The molecule has 0 atom stereocenters. The van der Waals surface area contributed by atoms with Gasteiger partial charge in [-0.15, -0.1) is 0 Å². The summed E-state index contributed by atoms with van der Waals surface area (Å²) in [4.78, 5) is 24.3. The fraction of sp³-hybridized carbons (Fsp3) is 0.200. The molecule has 3 aromatic rings. The third-order valence-corrected chi connectivity index (χ3v) is 4.24. The second-order valence-electron chi connectivity index (χ2n) is 5.86. The maximum atomic E-state index is 12.5. The van der Waals surface area contributed by atoms with Crippen LogP contribution in [0.25, 0.3) is 11.0 Å². The molecule has 0 radical (unpaired) electrons. The van der Waals surface area contributed by atoms with Crippen molar-refractivity contribution in [2.75, 3.05) is 14.2 Å². The smallest absolute Gasteiger partial charge is 0.374 e. The summed E-state index contributed by atoms with van der Waals surface area (Å²) >= 11 is 0. The number of carbonyl (C=O) groups is 2. The lowest BCUT2D eigenvalue weighted by molar-refractivity contribution is 0.0566. The molecule has 0 saturated heterocycles. The topological polar surface area (TPSA) is 86.0 Å². The normalized spacial score (nSPS) is 10.7. The number of rotatable bonds is 5. The lowest BCUT2D eigenvalue weighted by Crippen LogP contribution is -2.04. The lowest BCUT2D eigenvalue weighted by Gasteiger charge is -2.06. The summed E-state index contributed by atoms with van der Waals surface area (Å²) in [6.45, 7) is 1.76. The molecule has 6 nitrogen and oxygen atoms in total. The van der Waals surface area contributed by atoms with E-state index in [-0.39, 0.29) is 29.3 Å². The highest BCUT2D eigenvalue weighted by Crippen LogP contribution is 2.28. The predicted octanol–water partition coefficient (Wildman–Crippen LogP) is 3.67. The molecule has 2 aromatic carbocycles. The third-order valence-electron chi connectivity index (χ3n) is 4.24. The van der Waals surface area contributed by atoms with Gasteiger partial charge in [0.05, 0.1) is 19.8 Å². The van der Waals surface area contributed by atoms with E-state index in [9.17, 15) is 14.7 Å². The van der Waals surface area contributed by atoms with Crippen LogP contribution in [0.2, 0.25) is 0 Å². The predicted molar refractivity (Wildman–Crippen MR) is 95.0 cm³/mol. The van der Waals surface area contributed by atoms with E-state index < -0.39 is 5.97 Å². The SMILES string of the molecule is COC(=O)c1oc2ccc(CC(=O)c3ccc(OC)cc3O)cc2c1C. The first kappa shape index (κ1) is 17.5. The highest BCUT2D eigenvalue weighted by atomic mass is 16.5. The van der Waals surface area contributed by atoms with Gasteiger partial charge in [0.2, 0.25) is 5.76 Å². The number of furan rings is 1. The van der Waals surface area contributed by atoms with Crippen LogP contribution in [0, 0.1) is 6.92 Å². The Labute approximate surface area is 149 Å². The van der Waals surface area contributed by atoms with E-state index in [4.69, 9.17) is 13.9 Å². The van der Waals surface area contributed by atoms with Crippen LogP contribution >= 0.6 is 0 Å². The van der Waals surface area contributed by atoms with Gasteiger partial charge in [-0.05, 0) is 36.8 Å². The highest BCUT2D eigenvalue weighted by molar-refractivity contribution is 6.01. The Morgan fingerprint density at radius 2 is 1.88 bits per heavy atom. The number of aryl methyl sites for hydroxylation is 1. The van der Waals surface area contributed by atoms with E-state index in [1.807, 2.05) is 0 Å². The van der Waals surface area contributed by atoms with Crippen LogP contribution in [0.3, 0.4) is 0 Å². The van der Waals surface area contributed by atoms with Gasteiger partial charge in [0.15, 0.2) is 5.78 Å². The van der Waals surface area contributed by atoms with Crippen LogP contribution < -0.4 is 4.74 Å². The van der Waals surface area contributed by atoms with E-state index in [2.05, 4.69) is 0 Å². The molecule has 0 amide bonds. The number of aromatic hydroxyl groups is 1. The molecule has 1 heterocycles. The van der Waals surface area contributed by atoms with Gasteiger partial charge in [-0.2, -0.15) is 0 Å². The number of ether oxygens (including phenoxy) is 2. The third kappa shape index (κ3) is 3.13. The lowest BCUT2D eigenvalue weighted by atomic mass is 10.00. The quantitative estimate of drug-likeness (QED) is 0.556. The van der Waals surface area contributed by atoms with Crippen molar-refractivity contribution in [2.45, 2.75) is 13.3 Å². The number of ketones is 1. The summed E-state index contributed by atoms with van der Waals surface area (Å²) in [6, 6.07) is 9.83. The monoisotopic (exact) mass is 354 g/mol. The van der Waals surface area contributed by atoms with Crippen LogP contribution in [-0.2, 0) is 11.2 Å². The minimum atomic E-state index is -0.542. The number of benzene rings is 2. The second kappa shape index (κ2) is 6.92. The summed E-state index contributed by atoms with van der Waals surface area (Å²) < 4.78 is 15.3. The number of fused-ring (bicyclic) bond motifs is 1. The van der Waals surface area contributed by atoms with E-state index in [1.165, 1.54) is 26.4 Å². The molecule has 0 unspecified atom stereocenters. The van der Waals surface area contributed by atoms with Crippen molar-refractivity contribution in [2.24, 2.45) is 0 Å². The summed E-state index contributed by atoms with van der Waals surface area (Å²) in [5, 5.41) is 10.8. The van der Waals surface area contributed by atoms with Gasteiger partial charge in [0, 0.05) is 23.4 Å². The Bertz CT molecular complexity index is 999. The maximum Gasteiger partial charge on any atom is 0.374 e. The van der Waals surface area contributed by atoms with Crippen molar-refractivity contribution < 1.29 is 28.6 Å². The van der Waals surface area contributed by atoms with Crippen LogP contribution in [0.4, 0.5) is 0 Å². The van der Waals surface area contributed by atoms with Gasteiger partial charge >= 0.3 is 5.97 Å². The number of hydrogen-bond acceptors (Lipinski definition) is 6. The average Bonchev–Trinajstić information content (AvgIpc) is 2.97. The second-order valence-corrected chi connectivity index (χ2v) is 5.86. The van der Waals surface area contributed by atoms with Crippen LogP contribution in [0.5, 0.6) is 11.5 Å². The zero-order chi connectivity index (χ0) is 18.8. The molecule has 0 fully saturated rings. The first-order valence-electron chi connectivity index (χ1n) is 7.95. The molecule has 1 aromatic heterocycles. The van der Waals surface area contributed by atoms with Crippen molar-refractivity contribution in [3.8, 4) is 11.5 Å². The zero-order valence-electron chi connectivity index (χ0n) is 14.7. The van der Waals surface area contributed by atoms with Gasteiger partial charge in [-0.25, -0.2) is 4.79 Å². The number of methoxy groups -OCH3 is 2. The molecular formula is C20H18O6. The van der Waals surface area contributed by atoms with Gasteiger partial charge in [0.1, 0.15) is 17.1 Å². The molecule has 0 spiro atoms. The molecule has 0 aliphatic rings. The fourth-order valence-electron chi connectivity index (χ4n) is 2.82. The Morgan fingerprint density at radius 1 is 1.12 bits per heavy atom. The van der Waals surface area contributed by atoms with Crippen molar-refractivity contribution in [3.05, 3.63) is 58.8 Å². The molecule has 1 N–H and O–H groups in total. The van der Waals surface area contributed by atoms with Crippen molar-refractivity contribution in [1.82, 2.24) is 0 Å². The Hall–Kier alpha value is -3.28. The fourth-order valence-corrected chi connectivity index (χ4v) is 2.82. The molecular weight excluding hydrogens is 336 g/mol. The number of esters is 1. The Morgan fingerprint density at radius 3 is 2.54 bits per heavy atom. The first-order valence-corrected chi connectivity index (χ1v) is 7.95. The molecule has 0 saturated carbocycles. The van der Waals surface area contributed by atoms with E-state index >= 15 is 0 Å². The van der Waals surface area contributed by atoms with E-state index in [0.29, 0.717) is 16.9 Å².